The summed E-state index contributed by atoms with van der Waals surface area (Å²) >= 11 is 0. The second-order valence-electron chi connectivity index (χ2n) is 5.20. The summed E-state index contributed by atoms with van der Waals surface area (Å²) in [5, 5.41) is 9.79. The molecule has 0 saturated carbocycles. The zero-order chi connectivity index (χ0) is 14.4. The van der Waals surface area contributed by atoms with E-state index in [1.54, 1.807) is 13.0 Å². The summed E-state index contributed by atoms with van der Waals surface area (Å²) < 4.78 is 4.91. The van der Waals surface area contributed by atoms with Gasteiger partial charge in [0.1, 0.15) is 5.76 Å². The number of carbonyl (C=O) groups is 1. The Balaban J connectivity index is 1.65. The molecule has 0 unspecified atom stereocenters. The van der Waals surface area contributed by atoms with E-state index in [9.17, 15) is 4.79 Å². The van der Waals surface area contributed by atoms with E-state index < -0.39 is 0 Å². The van der Waals surface area contributed by atoms with E-state index in [0.717, 1.165) is 39.3 Å². The molecule has 0 atom stereocenters. The number of amides is 1. The lowest BCUT2D eigenvalue weighted by atomic mass is 10.3. The lowest BCUT2D eigenvalue weighted by Gasteiger charge is -2.28. The lowest BCUT2D eigenvalue weighted by molar-refractivity contribution is -0.117. The largest absolute Gasteiger partial charge is 0.360 e. The zero-order valence-electron chi connectivity index (χ0n) is 12.2. The smallest absolute Gasteiger partial charge is 0.239 e. The maximum atomic E-state index is 11.8. The number of likely N-dealkylation sites (N-methyl/N-ethyl adjacent to an activating group) is 1. The van der Waals surface area contributed by atoms with Crippen molar-refractivity contribution in [2.24, 2.45) is 0 Å². The Morgan fingerprint density at radius 3 is 2.95 bits per heavy atom. The SMILES string of the molecule is Cc1cc(NC(=O)CN(C)CCN2CCNCC2)no1. The Bertz CT molecular complexity index is 428. The molecule has 1 amide bonds. The number of hydrogen-bond donors (Lipinski definition) is 2. The molecule has 2 heterocycles. The summed E-state index contributed by atoms with van der Waals surface area (Å²) in [6.07, 6.45) is 0. The summed E-state index contributed by atoms with van der Waals surface area (Å²) in [7, 11) is 1.95. The molecule has 0 bridgehead atoms. The number of hydrogen-bond acceptors (Lipinski definition) is 6. The van der Waals surface area contributed by atoms with Gasteiger partial charge in [-0.05, 0) is 14.0 Å². The van der Waals surface area contributed by atoms with E-state index in [2.05, 4.69) is 20.7 Å². The fourth-order valence-electron chi connectivity index (χ4n) is 2.18. The monoisotopic (exact) mass is 281 g/mol. The topological polar surface area (TPSA) is 73.6 Å². The van der Waals surface area contributed by atoms with Gasteiger partial charge in [0.25, 0.3) is 0 Å². The minimum Gasteiger partial charge on any atom is -0.360 e. The third kappa shape index (κ3) is 4.92. The number of rotatable bonds is 6. The maximum absolute atomic E-state index is 11.8. The predicted molar refractivity (Wildman–Crippen MR) is 76.7 cm³/mol. The van der Waals surface area contributed by atoms with Gasteiger partial charge in [-0.15, -0.1) is 0 Å². The maximum Gasteiger partial charge on any atom is 0.239 e. The molecule has 112 valence electrons. The first kappa shape index (κ1) is 15.0. The highest BCUT2D eigenvalue weighted by molar-refractivity contribution is 5.91. The molecule has 1 aromatic rings. The molecule has 7 nitrogen and oxygen atoms in total. The van der Waals surface area contributed by atoms with Crippen molar-refractivity contribution in [3.63, 3.8) is 0 Å². The van der Waals surface area contributed by atoms with Crippen LogP contribution >= 0.6 is 0 Å². The van der Waals surface area contributed by atoms with Crippen molar-refractivity contribution >= 4 is 11.7 Å². The molecule has 2 N–H and O–H groups in total. The fourth-order valence-corrected chi connectivity index (χ4v) is 2.18. The van der Waals surface area contributed by atoms with Crippen LogP contribution in [0.2, 0.25) is 0 Å². The molecule has 7 heteroatoms. The van der Waals surface area contributed by atoms with Gasteiger partial charge >= 0.3 is 0 Å². The third-order valence-corrected chi connectivity index (χ3v) is 3.32. The summed E-state index contributed by atoms with van der Waals surface area (Å²) in [6, 6.07) is 1.71. The van der Waals surface area contributed by atoms with Crippen molar-refractivity contribution in [3.05, 3.63) is 11.8 Å². The highest BCUT2D eigenvalue weighted by atomic mass is 16.5. The van der Waals surface area contributed by atoms with E-state index >= 15 is 0 Å². The van der Waals surface area contributed by atoms with E-state index in [-0.39, 0.29) is 5.91 Å². The summed E-state index contributed by atoms with van der Waals surface area (Å²) in [5.41, 5.74) is 0. The fraction of sp³-hybridized carbons (Fsp3) is 0.692. The first-order valence-corrected chi connectivity index (χ1v) is 6.98. The normalized spacial score (nSPS) is 16.6. The van der Waals surface area contributed by atoms with E-state index in [4.69, 9.17) is 4.52 Å². The van der Waals surface area contributed by atoms with Crippen LogP contribution in [-0.2, 0) is 4.79 Å². The molecule has 0 radical (unpaired) electrons. The van der Waals surface area contributed by atoms with Gasteiger partial charge in [0.05, 0.1) is 6.54 Å². The van der Waals surface area contributed by atoms with Gasteiger partial charge in [-0.25, -0.2) is 0 Å². The van der Waals surface area contributed by atoms with Gasteiger partial charge in [0, 0.05) is 45.3 Å². The van der Waals surface area contributed by atoms with E-state index in [0.29, 0.717) is 18.1 Å². The average molecular weight is 281 g/mol. The first-order valence-electron chi connectivity index (χ1n) is 6.98. The van der Waals surface area contributed by atoms with Crippen molar-refractivity contribution in [3.8, 4) is 0 Å². The second kappa shape index (κ2) is 7.37. The molecule has 0 aromatic carbocycles. The molecule has 20 heavy (non-hydrogen) atoms. The Kier molecular flexibility index (Phi) is 5.51. The van der Waals surface area contributed by atoms with Gasteiger partial charge in [0.15, 0.2) is 5.82 Å². The standard InChI is InChI=1S/C13H23N5O2/c1-11-9-12(16-20-11)15-13(19)10-17(2)7-8-18-5-3-14-4-6-18/h9,14H,3-8,10H2,1-2H3,(H,15,16,19). The number of piperazine rings is 1. The Hall–Kier alpha value is -1.44. The Labute approximate surface area is 119 Å². The van der Waals surface area contributed by atoms with E-state index in [1.807, 2.05) is 11.9 Å². The van der Waals surface area contributed by atoms with Gasteiger partial charge in [-0.2, -0.15) is 0 Å². The molecule has 1 aromatic heterocycles. The molecule has 0 aliphatic carbocycles. The van der Waals surface area contributed by atoms with Crippen molar-refractivity contribution in [2.45, 2.75) is 6.92 Å². The Morgan fingerprint density at radius 2 is 2.30 bits per heavy atom. The minimum atomic E-state index is -0.0684. The van der Waals surface area contributed by atoms with E-state index in [1.165, 1.54) is 0 Å². The van der Waals surface area contributed by atoms with Crippen LogP contribution in [0.1, 0.15) is 5.76 Å². The van der Waals surface area contributed by atoms with Crippen LogP contribution in [0.15, 0.2) is 10.6 Å². The average Bonchev–Trinajstić information content (AvgIpc) is 2.83. The van der Waals surface area contributed by atoms with Crippen molar-refractivity contribution < 1.29 is 9.32 Å². The number of aryl methyl sites for hydroxylation is 1. The van der Waals surface area contributed by atoms with Crippen LogP contribution in [0.4, 0.5) is 5.82 Å². The van der Waals surface area contributed by atoms with Crippen LogP contribution in [0.3, 0.4) is 0 Å². The highest BCUT2D eigenvalue weighted by Gasteiger charge is 2.12. The Morgan fingerprint density at radius 1 is 1.55 bits per heavy atom. The van der Waals surface area contributed by atoms with Gasteiger partial charge in [-0.1, -0.05) is 5.16 Å². The summed E-state index contributed by atoms with van der Waals surface area (Å²) in [6.45, 7) is 8.29. The molecule has 1 aliphatic rings. The van der Waals surface area contributed by atoms with Crippen LogP contribution in [0, 0.1) is 6.92 Å². The number of carbonyl (C=O) groups excluding carboxylic acids is 1. The molecule has 0 spiro atoms. The van der Waals surface area contributed by atoms with Crippen LogP contribution in [0.25, 0.3) is 0 Å². The molecular weight excluding hydrogens is 258 g/mol. The first-order chi connectivity index (χ1) is 9.63. The highest BCUT2D eigenvalue weighted by Crippen LogP contribution is 2.06. The predicted octanol–water partition coefficient (Wildman–Crippen LogP) is -0.241. The van der Waals surface area contributed by atoms with Crippen LogP contribution < -0.4 is 10.6 Å². The van der Waals surface area contributed by atoms with Crippen molar-refractivity contribution in [1.29, 1.82) is 0 Å². The number of nitrogens with zero attached hydrogens (tertiary/aromatic N) is 3. The molecule has 2 rings (SSSR count). The second-order valence-corrected chi connectivity index (χ2v) is 5.20. The quantitative estimate of drug-likeness (QED) is 0.749. The van der Waals surface area contributed by atoms with Gasteiger partial charge in [0.2, 0.25) is 5.91 Å². The zero-order valence-corrected chi connectivity index (χ0v) is 12.2. The number of nitrogens with one attached hydrogen (secondary N) is 2. The van der Waals surface area contributed by atoms with Gasteiger partial charge in [-0.3, -0.25) is 14.6 Å². The summed E-state index contributed by atoms with van der Waals surface area (Å²) in [5.74, 6) is 1.09. The van der Waals surface area contributed by atoms with Gasteiger partial charge < -0.3 is 15.2 Å². The molecule has 1 aliphatic heterocycles. The molecule has 1 fully saturated rings. The van der Waals surface area contributed by atoms with Crippen molar-refractivity contribution in [2.75, 3.05) is 58.2 Å². The molecular formula is C13H23N5O2. The molecule has 1 saturated heterocycles. The third-order valence-electron chi connectivity index (χ3n) is 3.32. The number of aromatic nitrogens is 1. The lowest BCUT2D eigenvalue weighted by Crippen LogP contribution is -2.46. The van der Waals surface area contributed by atoms with Crippen LogP contribution in [-0.4, -0.2) is 73.7 Å². The summed E-state index contributed by atoms with van der Waals surface area (Å²) in [4.78, 5) is 16.3. The van der Waals surface area contributed by atoms with Crippen LogP contribution in [0.5, 0.6) is 0 Å². The minimum absolute atomic E-state index is 0.0684. The van der Waals surface area contributed by atoms with Crippen molar-refractivity contribution in [1.82, 2.24) is 20.3 Å². The number of anilines is 1.